The molecule has 0 fully saturated rings. The zero-order valence-electron chi connectivity index (χ0n) is 8.64. The normalized spacial score (nSPS) is 11.6. The SMILES string of the molecule is CCN=C(N)Nc1cc(Br)c(F)cc1C. The van der Waals surface area contributed by atoms with Crippen molar-refractivity contribution in [3.8, 4) is 0 Å². The van der Waals surface area contributed by atoms with Crippen LogP contribution in [0.3, 0.4) is 0 Å². The van der Waals surface area contributed by atoms with Crippen molar-refractivity contribution in [2.75, 3.05) is 11.9 Å². The van der Waals surface area contributed by atoms with Gasteiger partial charge in [-0.05, 0) is 47.5 Å². The lowest BCUT2D eigenvalue weighted by Crippen LogP contribution is -2.23. The molecular formula is C10H13BrFN3. The Bertz CT molecular complexity index is 390. The first-order chi connectivity index (χ1) is 7.04. The maximum Gasteiger partial charge on any atom is 0.193 e. The monoisotopic (exact) mass is 273 g/mol. The molecule has 1 rings (SSSR count). The predicted molar refractivity (Wildman–Crippen MR) is 64.6 cm³/mol. The van der Waals surface area contributed by atoms with Crippen molar-refractivity contribution in [3.05, 3.63) is 28.0 Å². The fourth-order valence-corrected chi connectivity index (χ4v) is 1.47. The van der Waals surface area contributed by atoms with Crippen molar-refractivity contribution in [2.45, 2.75) is 13.8 Å². The Kier molecular flexibility index (Phi) is 4.08. The fraction of sp³-hybridized carbons (Fsp3) is 0.300. The van der Waals surface area contributed by atoms with E-state index in [2.05, 4.69) is 26.2 Å². The van der Waals surface area contributed by atoms with Crippen molar-refractivity contribution < 1.29 is 4.39 Å². The summed E-state index contributed by atoms with van der Waals surface area (Å²) in [4.78, 5) is 3.99. The van der Waals surface area contributed by atoms with Crippen LogP contribution in [0.2, 0.25) is 0 Å². The van der Waals surface area contributed by atoms with Gasteiger partial charge in [0.2, 0.25) is 0 Å². The van der Waals surface area contributed by atoms with Crippen LogP contribution in [0, 0.1) is 12.7 Å². The average Bonchev–Trinajstić information content (AvgIpc) is 2.14. The number of halogens is 2. The molecule has 3 N–H and O–H groups in total. The summed E-state index contributed by atoms with van der Waals surface area (Å²) < 4.78 is 13.5. The van der Waals surface area contributed by atoms with E-state index in [1.165, 1.54) is 6.07 Å². The predicted octanol–water partition coefficient (Wildman–Crippen LogP) is 2.64. The first-order valence-electron chi connectivity index (χ1n) is 4.57. The Hall–Kier alpha value is -1.10. The molecule has 1 aromatic rings. The Balaban J connectivity index is 2.95. The summed E-state index contributed by atoms with van der Waals surface area (Å²) in [6.07, 6.45) is 0. The largest absolute Gasteiger partial charge is 0.370 e. The van der Waals surface area contributed by atoms with Crippen molar-refractivity contribution in [1.82, 2.24) is 0 Å². The Morgan fingerprint density at radius 1 is 1.60 bits per heavy atom. The molecule has 0 saturated carbocycles. The van der Waals surface area contributed by atoms with Crippen molar-refractivity contribution in [1.29, 1.82) is 0 Å². The van der Waals surface area contributed by atoms with E-state index in [1.807, 2.05) is 6.92 Å². The highest BCUT2D eigenvalue weighted by atomic mass is 79.9. The number of nitrogens with one attached hydrogen (secondary N) is 1. The third-order valence-electron chi connectivity index (χ3n) is 1.86. The highest BCUT2D eigenvalue weighted by Crippen LogP contribution is 2.23. The van der Waals surface area contributed by atoms with Gasteiger partial charge in [0, 0.05) is 12.2 Å². The van der Waals surface area contributed by atoms with E-state index in [4.69, 9.17) is 5.73 Å². The Morgan fingerprint density at radius 2 is 2.27 bits per heavy atom. The molecule has 0 spiro atoms. The second-order valence-electron chi connectivity index (χ2n) is 3.07. The van der Waals surface area contributed by atoms with Crippen molar-refractivity contribution >= 4 is 27.6 Å². The van der Waals surface area contributed by atoms with Gasteiger partial charge in [-0.1, -0.05) is 0 Å². The van der Waals surface area contributed by atoms with Crippen molar-refractivity contribution in [2.24, 2.45) is 10.7 Å². The van der Waals surface area contributed by atoms with Gasteiger partial charge in [0.1, 0.15) is 5.82 Å². The minimum absolute atomic E-state index is 0.288. The van der Waals surface area contributed by atoms with Gasteiger partial charge in [-0.2, -0.15) is 0 Å². The molecule has 5 heteroatoms. The molecule has 0 saturated heterocycles. The van der Waals surface area contributed by atoms with E-state index in [-0.39, 0.29) is 5.82 Å². The Labute approximate surface area is 96.7 Å². The van der Waals surface area contributed by atoms with Crippen LogP contribution in [0.15, 0.2) is 21.6 Å². The van der Waals surface area contributed by atoms with E-state index in [9.17, 15) is 4.39 Å². The van der Waals surface area contributed by atoms with Gasteiger partial charge in [0.15, 0.2) is 5.96 Å². The standard InChI is InChI=1S/C10H13BrFN3/c1-3-14-10(13)15-9-5-7(11)8(12)4-6(9)2/h4-5H,3H2,1-2H3,(H3,13,14,15). The number of rotatable bonds is 2. The van der Waals surface area contributed by atoms with Gasteiger partial charge < -0.3 is 11.1 Å². The maximum atomic E-state index is 13.1. The third-order valence-corrected chi connectivity index (χ3v) is 2.47. The van der Waals surface area contributed by atoms with Gasteiger partial charge in [-0.3, -0.25) is 4.99 Å². The fourth-order valence-electron chi connectivity index (χ4n) is 1.13. The molecule has 0 aliphatic heterocycles. The minimum atomic E-state index is -0.288. The zero-order valence-corrected chi connectivity index (χ0v) is 10.2. The molecule has 0 heterocycles. The van der Waals surface area contributed by atoms with Crippen LogP contribution in [-0.2, 0) is 0 Å². The molecule has 0 unspecified atom stereocenters. The van der Waals surface area contributed by atoms with Crippen LogP contribution >= 0.6 is 15.9 Å². The molecule has 15 heavy (non-hydrogen) atoms. The summed E-state index contributed by atoms with van der Waals surface area (Å²) in [6.45, 7) is 4.30. The molecule has 1 aromatic carbocycles. The number of aryl methyl sites for hydroxylation is 1. The van der Waals surface area contributed by atoms with Gasteiger partial charge >= 0.3 is 0 Å². The highest BCUT2D eigenvalue weighted by Gasteiger charge is 2.05. The maximum absolute atomic E-state index is 13.1. The van der Waals surface area contributed by atoms with Crippen molar-refractivity contribution in [3.63, 3.8) is 0 Å². The lowest BCUT2D eigenvalue weighted by Gasteiger charge is -2.09. The number of benzene rings is 1. The Morgan fingerprint density at radius 3 is 2.87 bits per heavy atom. The molecule has 0 atom stereocenters. The molecule has 3 nitrogen and oxygen atoms in total. The number of anilines is 1. The van der Waals surface area contributed by atoms with Crippen LogP contribution in [0.1, 0.15) is 12.5 Å². The summed E-state index contributed by atoms with van der Waals surface area (Å²) in [5.74, 6) is 0.0446. The summed E-state index contributed by atoms with van der Waals surface area (Å²) >= 11 is 3.11. The quantitative estimate of drug-likeness (QED) is 0.643. The number of hydrogen-bond donors (Lipinski definition) is 2. The number of nitrogens with zero attached hydrogens (tertiary/aromatic N) is 1. The first kappa shape index (κ1) is 12.0. The summed E-state index contributed by atoms with van der Waals surface area (Å²) in [6, 6.07) is 3.08. The molecule has 0 amide bonds. The minimum Gasteiger partial charge on any atom is -0.370 e. The van der Waals surface area contributed by atoms with E-state index in [0.29, 0.717) is 17.0 Å². The molecule has 0 aromatic heterocycles. The van der Waals surface area contributed by atoms with Gasteiger partial charge in [-0.15, -0.1) is 0 Å². The molecular weight excluding hydrogens is 261 g/mol. The van der Waals surface area contributed by atoms with Crippen LogP contribution in [0.5, 0.6) is 0 Å². The van der Waals surface area contributed by atoms with Gasteiger partial charge in [0.25, 0.3) is 0 Å². The third kappa shape index (κ3) is 3.20. The number of hydrogen-bond acceptors (Lipinski definition) is 1. The smallest absolute Gasteiger partial charge is 0.193 e. The molecule has 82 valence electrons. The van der Waals surface area contributed by atoms with E-state index in [0.717, 1.165) is 11.3 Å². The molecule has 0 bridgehead atoms. The number of guanidine groups is 1. The van der Waals surface area contributed by atoms with E-state index < -0.39 is 0 Å². The number of aliphatic imine (C=N–C) groups is 1. The summed E-state index contributed by atoms with van der Waals surface area (Å²) in [7, 11) is 0. The lowest BCUT2D eigenvalue weighted by atomic mass is 10.2. The van der Waals surface area contributed by atoms with Crippen LogP contribution in [0.4, 0.5) is 10.1 Å². The zero-order chi connectivity index (χ0) is 11.4. The second-order valence-corrected chi connectivity index (χ2v) is 3.92. The summed E-state index contributed by atoms with van der Waals surface area (Å²) in [5.41, 5.74) is 7.13. The second kappa shape index (κ2) is 5.11. The molecule has 0 radical (unpaired) electrons. The lowest BCUT2D eigenvalue weighted by molar-refractivity contribution is 0.620. The van der Waals surface area contributed by atoms with Crippen LogP contribution in [0.25, 0.3) is 0 Å². The topological polar surface area (TPSA) is 50.4 Å². The molecule has 0 aliphatic rings. The number of nitrogens with two attached hydrogens (primary N) is 1. The average molecular weight is 274 g/mol. The molecule has 0 aliphatic carbocycles. The first-order valence-corrected chi connectivity index (χ1v) is 5.36. The van der Waals surface area contributed by atoms with Crippen LogP contribution < -0.4 is 11.1 Å². The van der Waals surface area contributed by atoms with Gasteiger partial charge in [-0.25, -0.2) is 4.39 Å². The van der Waals surface area contributed by atoms with E-state index >= 15 is 0 Å². The van der Waals surface area contributed by atoms with Gasteiger partial charge in [0.05, 0.1) is 4.47 Å². The van der Waals surface area contributed by atoms with Crippen LogP contribution in [-0.4, -0.2) is 12.5 Å². The van der Waals surface area contributed by atoms with E-state index in [1.54, 1.807) is 13.0 Å². The summed E-state index contributed by atoms with van der Waals surface area (Å²) in [5, 5.41) is 2.91. The highest BCUT2D eigenvalue weighted by molar-refractivity contribution is 9.10.